The highest BCUT2D eigenvalue weighted by atomic mass is 16.6. The third-order valence-electron chi connectivity index (χ3n) is 3.94. The summed E-state index contributed by atoms with van der Waals surface area (Å²) in [4.78, 5) is 27.5. The largest absolute Gasteiger partial charge is 0.496 e. The maximum absolute atomic E-state index is 12.5. The molecule has 0 aliphatic rings. The van der Waals surface area contributed by atoms with Crippen LogP contribution in [-0.4, -0.2) is 23.0 Å². The minimum Gasteiger partial charge on any atom is -0.496 e. The van der Waals surface area contributed by atoms with Gasteiger partial charge in [0.1, 0.15) is 5.75 Å². The first-order valence-electron chi connectivity index (χ1n) is 8.07. The van der Waals surface area contributed by atoms with Gasteiger partial charge in [0.25, 0.3) is 0 Å². The molecule has 0 atom stereocenters. The summed E-state index contributed by atoms with van der Waals surface area (Å²) in [6.45, 7) is 1.69. The molecule has 0 aliphatic carbocycles. The van der Waals surface area contributed by atoms with Gasteiger partial charge in [0.2, 0.25) is 5.75 Å². The minimum atomic E-state index is -0.715. The van der Waals surface area contributed by atoms with Gasteiger partial charge in [0.15, 0.2) is 0 Å². The Kier molecular flexibility index (Phi) is 5.12. The molecule has 0 amide bonds. The molecule has 0 fully saturated rings. The highest BCUT2D eigenvalue weighted by Crippen LogP contribution is 2.32. The highest BCUT2D eigenvalue weighted by Gasteiger charge is 2.21. The van der Waals surface area contributed by atoms with E-state index in [2.05, 4.69) is 4.98 Å². The maximum Gasteiger partial charge on any atom is 0.345 e. The van der Waals surface area contributed by atoms with Crippen molar-refractivity contribution in [2.24, 2.45) is 0 Å². The van der Waals surface area contributed by atoms with Gasteiger partial charge in [0.05, 0.1) is 35.1 Å². The van der Waals surface area contributed by atoms with Crippen molar-refractivity contribution in [2.75, 3.05) is 7.11 Å². The Morgan fingerprint density at radius 2 is 1.81 bits per heavy atom. The Hall–Kier alpha value is -3.74. The molecule has 27 heavy (non-hydrogen) atoms. The predicted octanol–water partition coefficient (Wildman–Crippen LogP) is 4.19. The van der Waals surface area contributed by atoms with E-state index < -0.39 is 10.9 Å². The molecule has 0 saturated heterocycles. The molecule has 0 spiro atoms. The van der Waals surface area contributed by atoms with E-state index in [0.29, 0.717) is 11.4 Å². The Balaban J connectivity index is 1.88. The number of benzene rings is 2. The number of nitrogens with zero attached hydrogens (tertiary/aromatic N) is 2. The molecule has 3 aromatic rings. The van der Waals surface area contributed by atoms with Crippen LogP contribution in [0.4, 0.5) is 5.69 Å². The number of nitro benzene ring substituents is 1. The van der Waals surface area contributed by atoms with Gasteiger partial charge in [-0.3, -0.25) is 15.1 Å². The number of hydrogen-bond donors (Lipinski definition) is 0. The van der Waals surface area contributed by atoms with E-state index in [1.165, 1.54) is 25.3 Å². The second kappa shape index (κ2) is 7.65. The SMILES string of the molecule is COc1ccc(OC(=O)c2ccc(-c3ccccc3)nc2C)c([N+](=O)[O-])c1. The standard InChI is InChI=1S/C20H16N2O5/c1-13-16(9-10-17(21-13)14-6-4-3-5-7-14)20(23)27-19-11-8-15(26-2)12-18(19)22(24)25/h3-12H,1-2H3. The van der Waals surface area contributed by atoms with Crippen LogP contribution >= 0.6 is 0 Å². The Labute approximate surface area is 155 Å². The topological polar surface area (TPSA) is 91.6 Å². The van der Waals surface area contributed by atoms with Crippen LogP contribution in [-0.2, 0) is 0 Å². The molecule has 136 valence electrons. The summed E-state index contributed by atoms with van der Waals surface area (Å²) in [7, 11) is 1.40. The third-order valence-corrected chi connectivity index (χ3v) is 3.94. The molecule has 1 aromatic heterocycles. The quantitative estimate of drug-likeness (QED) is 0.292. The summed E-state index contributed by atoms with van der Waals surface area (Å²) >= 11 is 0. The van der Waals surface area contributed by atoms with E-state index in [-0.39, 0.29) is 17.0 Å². The summed E-state index contributed by atoms with van der Waals surface area (Å²) in [5.74, 6) is -0.572. The van der Waals surface area contributed by atoms with Crippen LogP contribution in [0, 0.1) is 17.0 Å². The molecule has 0 bridgehead atoms. The van der Waals surface area contributed by atoms with Gasteiger partial charge in [-0.15, -0.1) is 0 Å². The lowest BCUT2D eigenvalue weighted by atomic mass is 10.1. The number of methoxy groups -OCH3 is 1. The molecule has 7 heteroatoms. The van der Waals surface area contributed by atoms with E-state index in [1.807, 2.05) is 30.3 Å². The fourth-order valence-electron chi connectivity index (χ4n) is 2.55. The van der Waals surface area contributed by atoms with Crippen molar-refractivity contribution in [2.45, 2.75) is 6.92 Å². The molecule has 2 aromatic carbocycles. The Morgan fingerprint density at radius 3 is 2.44 bits per heavy atom. The van der Waals surface area contributed by atoms with Crippen molar-refractivity contribution >= 4 is 11.7 Å². The van der Waals surface area contributed by atoms with Crippen LogP contribution < -0.4 is 9.47 Å². The van der Waals surface area contributed by atoms with E-state index >= 15 is 0 Å². The smallest absolute Gasteiger partial charge is 0.345 e. The molecule has 0 N–H and O–H groups in total. The van der Waals surface area contributed by atoms with Crippen molar-refractivity contribution in [1.82, 2.24) is 4.98 Å². The van der Waals surface area contributed by atoms with Crippen molar-refractivity contribution in [3.05, 3.63) is 82.0 Å². The third kappa shape index (κ3) is 3.92. The van der Waals surface area contributed by atoms with E-state index in [1.54, 1.807) is 19.1 Å². The summed E-state index contributed by atoms with van der Waals surface area (Å²) in [6.07, 6.45) is 0. The van der Waals surface area contributed by atoms with Crippen LogP contribution in [0.3, 0.4) is 0 Å². The van der Waals surface area contributed by atoms with Crippen molar-refractivity contribution in [1.29, 1.82) is 0 Å². The number of ether oxygens (including phenoxy) is 2. The van der Waals surface area contributed by atoms with Crippen LogP contribution in [0.2, 0.25) is 0 Å². The first kappa shape index (κ1) is 18.1. The number of rotatable bonds is 5. The molecule has 7 nitrogen and oxygen atoms in total. The van der Waals surface area contributed by atoms with Gasteiger partial charge in [0, 0.05) is 5.56 Å². The molecule has 3 rings (SSSR count). The van der Waals surface area contributed by atoms with Crippen molar-refractivity contribution in [3.63, 3.8) is 0 Å². The first-order valence-corrected chi connectivity index (χ1v) is 8.07. The molecule has 0 radical (unpaired) electrons. The van der Waals surface area contributed by atoms with E-state index in [0.717, 1.165) is 11.3 Å². The fourth-order valence-corrected chi connectivity index (χ4v) is 2.55. The zero-order valence-electron chi connectivity index (χ0n) is 14.7. The zero-order valence-corrected chi connectivity index (χ0v) is 14.7. The van der Waals surface area contributed by atoms with Crippen LogP contribution in [0.25, 0.3) is 11.3 Å². The van der Waals surface area contributed by atoms with E-state index in [9.17, 15) is 14.9 Å². The maximum atomic E-state index is 12.5. The summed E-state index contributed by atoms with van der Waals surface area (Å²) < 4.78 is 10.2. The lowest BCUT2D eigenvalue weighted by molar-refractivity contribution is -0.385. The lowest BCUT2D eigenvalue weighted by Gasteiger charge is -2.09. The van der Waals surface area contributed by atoms with E-state index in [4.69, 9.17) is 9.47 Å². The predicted molar refractivity (Wildman–Crippen MR) is 99.0 cm³/mol. The summed E-state index contributed by atoms with van der Waals surface area (Å²) in [6, 6.07) is 16.9. The molecule has 1 heterocycles. The average molecular weight is 364 g/mol. The highest BCUT2D eigenvalue weighted by molar-refractivity contribution is 5.93. The Morgan fingerprint density at radius 1 is 1.07 bits per heavy atom. The molecule has 0 aliphatic heterocycles. The second-order valence-electron chi connectivity index (χ2n) is 5.68. The number of esters is 1. The normalized spacial score (nSPS) is 10.3. The molecular formula is C20H16N2O5. The number of aromatic nitrogens is 1. The molecule has 0 saturated carbocycles. The lowest BCUT2D eigenvalue weighted by Crippen LogP contribution is -2.12. The second-order valence-corrected chi connectivity index (χ2v) is 5.68. The summed E-state index contributed by atoms with van der Waals surface area (Å²) in [5, 5.41) is 11.2. The molecule has 0 unspecified atom stereocenters. The number of aryl methyl sites for hydroxylation is 1. The fraction of sp³-hybridized carbons (Fsp3) is 0.100. The van der Waals surface area contributed by atoms with Gasteiger partial charge in [-0.25, -0.2) is 4.79 Å². The summed E-state index contributed by atoms with van der Waals surface area (Å²) in [5.41, 5.74) is 2.00. The number of pyridine rings is 1. The average Bonchev–Trinajstić information content (AvgIpc) is 2.68. The van der Waals surface area contributed by atoms with Crippen LogP contribution in [0.5, 0.6) is 11.5 Å². The molecular weight excluding hydrogens is 348 g/mol. The van der Waals surface area contributed by atoms with Crippen LogP contribution in [0.1, 0.15) is 16.1 Å². The van der Waals surface area contributed by atoms with Gasteiger partial charge in [-0.1, -0.05) is 30.3 Å². The van der Waals surface area contributed by atoms with Gasteiger partial charge in [-0.05, 0) is 31.2 Å². The Bertz CT molecular complexity index is 1000. The van der Waals surface area contributed by atoms with Gasteiger partial charge >= 0.3 is 11.7 Å². The first-order chi connectivity index (χ1) is 13.0. The van der Waals surface area contributed by atoms with Crippen molar-refractivity contribution < 1.29 is 19.2 Å². The number of carbonyl (C=O) groups is 1. The monoisotopic (exact) mass is 364 g/mol. The van der Waals surface area contributed by atoms with Crippen molar-refractivity contribution in [3.8, 4) is 22.8 Å². The van der Waals surface area contributed by atoms with Crippen LogP contribution in [0.15, 0.2) is 60.7 Å². The number of carbonyl (C=O) groups excluding carboxylic acids is 1. The number of nitro groups is 1. The van der Waals surface area contributed by atoms with Gasteiger partial charge < -0.3 is 9.47 Å². The zero-order chi connectivity index (χ0) is 19.4. The minimum absolute atomic E-state index is 0.155. The number of hydrogen-bond acceptors (Lipinski definition) is 6. The van der Waals surface area contributed by atoms with Gasteiger partial charge in [-0.2, -0.15) is 0 Å².